The number of sulfonamides is 1. The number of thioether (sulfide) groups is 1. The first kappa shape index (κ1) is 19.4. The van der Waals surface area contributed by atoms with E-state index in [-0.39, 0.29) is 18.4 Å². The lowest BCUT2D eigenvalue weighted by Gasteiger charge is -2.31. The summed E-state index contributed by atoms with van der Waals surface area (Å²) in [4.78, 5) is 14.7. The van der Waals surface area contributed by atoms with Gasteiger partial charge in [0.1, 0.15) is 4.21 Å². The second-order valence-electron chi connectivity index (χ2n) is 6.26. The maximum atomic E-state index is 12.8. The highest BCUT2D eigenvalue weighted by molar-refractivity contribution is 7.98. The fourth-order valence-electron chi connectivity index (χ4n) is 3.04. The minimum absolute atomic E-state index is 0.117. The number of anilines is 1. The second kappa shape index (κ2) is 8.12. The van der Waals surface area contributed by atoms with Crippen LogP contribution in [0.15, 0.2) is 45.5 Å². The van der Waals surface area contributed by atoms with Gasteiger partial charge in [-0.05, 0) is 50.3 Å². The Hall–Kier alpha value is -1.35. The molecule has 1 amide bonds. The molecule has 8 heteroatoms. The van der Waals surface area contributed by atoms with Crippen LogP contribution in [0.5, 0.6) is 0 Å². The third kappa shape index (κ3) is 4.14. The van der Waals surface area contributed by atoms with Crippen LogP contribution in [0.4, 0.5) is 5.69 Å². The summed E-state index contributed by atoms with van der Waals surface area (Å²) < 4.78 is 27.5. The topological polar surface area (TPSA) is 66.5 Å². The number of para-hydroxylation sites is 1. The number of nitrogens with zero attached hydrogens (tertiary/aromatic N) is 1. The van der Waals surface area contributed by atoms with Crippen molar-refractivity contribution >= 4 is 44.7 Å². The number of carbonyl (C=O) groups excluding carboxylic acids is 1. The van der Waals surface area contributed by atoms with E-state index in [1.165, 1.54) is 15.6 Å². The van der Waals surface area contributed by atoms with Crippen molar-refractivity contribution in [2.45, 2.75) is 28.9 Å². The van der Waals surface area contributed by atoms with Gasteiger partial charge in [-0.3, -0.25) is 4.79 Å². The van der Waals surface area contributed by atoms with Crippen molar-refractivity contribution in [3.05, 3.63) is 41.3 Å². The van der Waals surface area contributed by atoms with Gasteiger partial charge in [0.2, 0.25) is 5.91 Å². The molecule has 0 unspecified atom stereocenters. The van der Waals surface area contributed by atoms with Gasteiger partial charge in [-0.2, -0.15) is 4.31 Å². The molecule has 0 spiro atoms. The van der Waals surface area contributed by atoms with E-state index in [2.05, 4.69) is 5.32 Å². The molecule has 1 aromatic heterocycles. The molecule has 3 rings (SSSR count). The molecule has 1 saturated heterocycles. The molecule has 1 N–H and O–H groups in total. The van der Waals surface area contributed by atoms with Crippen molar-refractivity contribution in [1.82, 2.24) is 4.31 Å². The molecule has 5 nitrogen and oxygen atoms in total. The molecule has 0 radical (unpaired) electrons. The Balaban J connectivity index is 1.73. The summed E-state index contributed by atoms with van der Waals surface area (Å²) in [6, 6.07) is 11.1. The van der Waals surface area contributed by atoms with Gasteiger partial charge in [-0.1, -0.05) is 12.1 Å². The zero-order chi connectivity index (χ0) is 18.7. The van der Waals surface area contributed by atoms with E-state index < -0.39 is 10.0 Å². The zero-order valence-corrected chi connectivity index (χ0v) is 17.2. The van der Waals surface area contributed by atoms with Crippen LogP contribution >= 0.6 is 23.1 Å². The molecular formula is C18H22N2O3S3. The van der Waals surface area contributed by atoms with Crippen LogP contribution in [0, 0.1) is 12.8 Å². The normalized spacial score (nSPS) is 18.6. The maximum Gasteiger partial charge on any atom is 0.252 e. The van der Waals surface area contributed by atoms with E-state index >= 15 is 0 Å². The van der Waals surface area contributed by atoms with Gasteiger partial charge in [0.05, 0.1) is 11.6 Å². The standard InChI is InChI=1S/C18H22N2O3S3/c1-13-9-10-17(25-13)26(22,23)20-11-5-6-14(12-20)18(21)19-15-7-3-4-8-16(15)24-2/h3-4,7-10,14H,5-6,11-12H2,1-2H3,(H,19,21)/t14-/m0/s1. The number of rotatable bonds is 5. The number of nitrogens with one attached hydrogen (secondary N) is 1. The highest BCUT2D eigenvalue weighted by atomic mass is 32.2. The maximum absolute atomic E-state index is 12.8. The van der Waals surface area contributed by atoms with Crippen LogP contribution in [0.3, 0.4) is 0 Å². The average molecular weight is 411 g/mol. The van der Waals surface area contributed by atoms with Crippen LogP contribution in [0.2, 0.25) is 0 Å². The smallest absolute Gasteiger partial charge is 0.252 e. The summed E-state index contributed by atoms with van der Waals surface area (Å²) in [6.07, 6.45) is 3.34. The first-order valence-electron chi connectivity index (χ1n) is 8.42. The molecule has 0 saturated carbocycles. The van der Waals surface area contributed by atoms with Crippen LogP contribution < -0.4 is 5.32 Å². The van der Waals surface area contributed by atoms with Crippen molar-refractivity contribution in [3.63, 3.8) is 0 Å². The number of piperidine rings is 1. The number of hydrogen-bond donors (Lipinski definition) is 1. The van der Waals surface area contributed by atoms with Gasteiger partial charge in [0.15, 0.2) is 0 Å². The van der Waals surface area contributed by atoms with Gasteiger partial charge in [-0.25, -0.2) is 8.42 Å². The first-order valence-corrected chi connectivity index (χ1v) is 11.9. The Morgan fingerprint density at radius 2 is 2.04 bits per heavy atom. The fraction of sp³-hybridized carbons (Fsp3) is 0.389. The predicted octanol–water partition coefficient (Wildman–Crippen LogP) is 3.82. The summed E-state index contributed by atoms with van der Waals surface area (Å²) >= 11 is 2.84. The third-order valence-corrected chi connectivity index (χ3v) is 8.56. The van der Waals surface area contributed by atoms with Crippen molar-refractivity contribution < 1.29 is 13.2 Å². The molecule has 2 aromatic rings. The molecular weight excluding hydrogens is 388 g/mol. The molecule has 0 bridgehead atoms. The largest absolute Gasteiger partial charge is 0.325 e. The van der Waals surface area contributed by atoms with E-state index in [1.54, 1.807) is 17.8 Å². The second-order valence-corrected chi connectivity index (χ2v) is 10.6. The van der Waals surface area contributed by atoms with E-state index in [1.807, 2.05) is 43.5 Å². The van der Waals surface area contributed by atoms with Crippen molar-refractivity contribution in [1.29, 1.82) is 0 Å². The predicted molar refractivity (Wildman–Crippen MR) is 107 cm³/mol. The van der Waals surface area contributed by atoms with Gasteiger partial charge >= 0.3 is 0 Å². The lowest BCUT2D eigenvalue weighted by atomic mass is 9.99. The number of carbonyl (C=O) groups is 1. The van der Waals surface area contributed by atoms with Crippen LogP contribution in [0.1, 0.15) is 17.7 Å². The summed E-state index contributed by atoms with van der Waals surface area (Å²) in [5, 5.41) is 2.97. The fourth-order valence-corrected chi connectivity index (χ4v) is 6.55. The number of benzene rings is 1. The van der Waals surface area contributed by atoms with Gasteiger partial charge in [0.25, 0.3) is 10.0 Å². The van der Waals surface area contributed by atoms with Crippen LogP contribution in [-0.4, -0.2) is 38.0 Å². The Labute approximate surface area is 162 Å². The lowest BCUT2D eigenvalue weighted by Crippen LogP contribution is -2.43. The Kier molecular flexibility index (Phi) is 6.06. The Morgan fingerprint density at radius 3 is 2.73 bits per heavy atom. The van der Waals surface area contributed by atoms with Crippen molar-refractivity contribution in [2.75, 3.05) is 24.7 Å². The van der Waals surface area contributed by atoms with Gasteiger partial charge in [-0.15, -0.1) is 23.1 Å². The molecule has 140 valence electrons. The van der Waals surface area contributed by atoms with E-state index in [9.17, 15) is 13.2 Å². The van der Waals surface area contributed by atoms with E-state index in [4.69, 9.17) is 0 Å². The van der Waals surface area contributed by atoms with E-state index in [0.29, 0.717) is 23.6 Å². The molecule has 1 aliphatic heterocycles. The third-order valence-electron chi connectivity index (χ3n) is 4.43. The highest BCUT2D eigenvalue weighted by Crippen LogP contribution is 2.30. The van der Waals surface area contributed by atoms with Crippen molar-refractivity contribution in [3.8, 4) is 0 Å². The minimum atomic E-state index is -3.53. The molecule has 1 aliphatic rings. The molecule has 26 heavy (non-hydrogen) atoms. The van der Waals surface area contributed by atoms with Gasteiger partial charge in [0, 0.05) is 22.9 Å². The van der Waals surface area contributed by atoms with Crippen LogP contribution in [0.25, 0.3) is 0 Å². The minimum Gasteiger partial charge on any atom is -0.325 e. The SMILES string of the molecule is CSc1ccccc1NC(=O)[C@H]1CCCN(S(=O)(=O)c2ccc(C)s2)C1. The monoisotopic (exact) mass is 410 g/mol. The first-order chi connectivity index (χ1) is 12.4. The van der Waals surface area contributed by atoms with Crippen molar-refractivity contribution in [2.24, 2.45) is 5.92 Å². The molecule has 1 fully saturated rings. The van der Waals surface area contributed by atoms with Crippen LogP contribution in [-0.2, 0) is 14.8 Å². The summed E-state index contributed by atoms with van der Waals surface area (Å²) in [7, 11) is -3.53. The summed E-state index contributed by atoms with van der Waals surface area (Å²) in [5.41, 5.74) is 0.777. The summed E-state index contributed by atoms with van der Waals surface area (Å²) in [6.45, 7) is 2.58. The Morgan fingerprint density at radius 1 is 1.27 bits per heavy atom. The molecule has 0 aliphatic carbocycles. The molecule has 2 heterocycles. The number of aryl methyl sites for hydroxylation is 1. The highest BCUT2D eigenvalue weighted by Gasteiger charge is 2.34. The summed E-state index contributed by atoms with van der Waals surface area (Å²) in [5.74, 6) is -0.455. The number of amides is 1. The zero-order valence-electron chi connectivity index (χ0n) is 14.8. The Bertz CT molecular complexity index is 893. The molecule has 1 aromatic carbocycles. The number of thiophene rings is 1. The number of hydrogen-bond acceptors (Lipinski definition) is 5. The quantitative estimate of drug-likeness (QED) is 0.761. The van der Waals surface area contributed by atoms with E-state index in [0.717, 1.165) is 15.5 Å². The lowest BCUT2D eigenvalue weighted by molar-refractivity contribution is -0.120. The average Bonchev–Trinajstić information content (AvgIpc) is 3.09. The molecule has 1 atom stereocenters. The van der Waals surface area contributed by atoms with Gasteiger partial charge < -0.3 is 5.32 Å².